The van der Waals surface area contributed by atoms with Crippen molar-refractivity contribution in [2.45, 2.75) is 30.4 Å². The molecule has 1 aliphatic heterocycles. The van der Waals surface area contributed by atoms with Crippen LogP contribution in [-0.2, 0) is 15.9 Å². The average molecular weight is 486 g/mol. The van der Waals surface area contributed by atoms with Crippen molar-refractivity contribution in [2.75, 3.05) is 18.9 Å². The average Bonchev–Trinajstić information content (AvgIpc) is 3.41. The number of thiazole rings is 1. The number of nitrogens with zero attached hydrogens (tertiary/aromatic N) is 6. The summed E-state index contributed by atoms with van der Waals surface area (Å²) >= 11 is 1.49. The van der Waals surface area contributed by atoms with Crippen LogP contribution in [0.5, 0.6) is 0 Å². The van der Waals surface area contributed by atoms with Gasteiger partial charge in [-0.05, 0) is 36.6 Å². The van der Waals surface area contributed by atoms with Crippen molar-refractivity contribution in [1.82, 2.24) is 29.8 Å². The summed E-state index contributed by atoms with van der Waals surface area (Å²) in [5, 5.41) is 17.2. The van der Waals surface area contributed by atoms with E-state index in [0.717, 1.165) is 34.9 Å². The van der Waals surface area contributed by atoms with Gasteiger partial charge >= 0.3 is 0 Å². The van der Waals surface area contributed by atoms with Gasteiger partial charge in [0, 0.05) is 49.5 Å². The van der Waals surface area contributed by atoms with Crippen LogP contribution in [0.3, 0.4) is 0 Å². The first kappa shape index (κ1) is 21.8. The van der Waals surface area contributed by atoms with E-state index in [-0.39, 0.29) is 11.4 Å². The van der Waals surface area contributed by atoms with E-state index in [2.05, 4.69) is 25.3 Å². The highest BCUT2D eigenvalue weighted by molar-refractivity contribution is 7.13. The van der Waals surface area contributed by atoms with Crippen molar-refractivity contribution in [2.24, 2.45) is 0 Å². The lowest BCUT2D eigenvalue weighted by Crippen LogP contribution is -2.36. The Hall–Kier alpha value is -3.76. The van der Waals surface area contributed by atoms with Gasteiger partial charge in [0.05, 0.1) is 5.69 Å². The second-order valence-corrected chi connectivity index (χ2v) is 9.86. The molecule has 6 rings (SSSR count). The Morgan fingerprint density at radius 2 is 1.83 bits per heavy atom. The summed E-state index contributed by atoms with van der Waals surface area (Å²) in [5.41, 5.74) is 1.07. The highest BCUT2D eigenvalue weighted by atomic mass is 32.1. The monoisotopic (exact) mass is 485 g/mol. The van der Waals surface area contributed by atoms with Crippen molar-refractivity contribution in [3.05, 3.63) is 71.8 Å². The molecule has 2 aliphatic rings. The number of likely N-dealkylation sites (N-methyl/N-ethyl adjacent to an activating group) is 1. The van der Waals surface area contributed by atoms with Crippen LogP contribution < -0.4 is 5.32 Å². The van der Waals surface area contributed by atoms with Crippen LogP contribution in [0.15, 0.2) is 60.4 Å². The highest BCUT2D eigenvalue weighted by Crippen LogP contribution is 2.46. The Bertz CT molecular complexity index is 1410. The van der Waals surface area contributed by atoms with Crippen molar-refractivity contribution < 1.29 is 9.90 Å². The van der Waals surface area contributed by atoms with Gasteiger partial charge in [-0.2, -0.15) is 0 Å². The largest absolute Gasteiger partial charge is 0.375 e. The van der Waals surface area contributed by atoms with E-state index in [9.17, 15) is 9.90 Å². The fraction of sp³-hybridized carbons (Fsp3) is 0.280. The molecule has 2 N–H and O–H groups in total. The molecule has 2 fully saturated rings. The summed E-state index contributed by atoms with van der Waals surface area (Å²) in [6, 6.07) is 11.1. The molecule has 9 nitrogen and oxygen atoms in total. The molecular weight excluding hydrogens is 462 g/mol. The number of anilines is 1. The molecule has 1 saturated carbocycles. The quantitative estimate of drug-likeness (QED) is 0.428. The fourth-order valence-corrected chi connectivity index (χ4v) is 5.22. The van der Waals surface area contributed by atoms with Gasteiger partial charge in [0.2, 0.25) is 5.95 Å². The number of nitrogens with one attached hydrogen (secondary N) is 1. The molecule has 0 radical (unpaired) electrons. The highest BCUT2D eigenvalue weighted by Gasteiger charge is 2.48. The van der Waals surface area contributed by atoms with Crippen molar-refractivity contribution in [3.8, 4) is 22.0 Å². The van der Waals surface area contributed by atoms with Crippen LogP contribution in [0, 0.1) is 0 Å². The van der Waals surface area contributed by atoms with E-state index >= 15 is 0 Å². The van der Waals surface area contributed by atoms with Crippen molar-refractivity contribution >= 4 is 23.2 Å². The van der Waals surface area contributed by atoms with Gasteiger partial charge in [-0.3, -0.25) is 4.79 Å². The number of carbonyl (C=O) groups excluding carboxylic acids is 1. The number of aromatic nitrogens is 5. The third kappa shape index (κ3) is 3.84. The Kier molecular flexibility index (Phi) is 5.08. The predicted molar refractivity (Wildman–Crippen MR) is 131 cm³/mol. The van der Waals surface area contributed by atoms with Crippen LogP contribution >= 0.6 is 11.3 Å². The molecule has 1 aliphatic carbocycles. The summed E-state index contributed by atoms with van der Waals surface area (Å²) < 4.78 is 0. The molecule has 4 aromatic rings. The summed E-state index contributed by atoms with van der Waals surface area (Å²) in [7, 11) is 1.71. The molecule has 176 valence electrons. The minimum absolute atomic E-state index is 0.273. The van der Waals surface area contributed by atoms with Crippen LogP contribution in [0.4, 0.5) is 5.95 Å². The van der Waals surface area contributed by atoms with Gasteiger partial charge < -0.3 is 15.3 Å². The molecule has 35 heavy (non-hydrogen) atoms. The second-order valence-electron chi connectivity index (χ2n) is 9.00. The number of rotatable bonds is 6. The molecule has 1 saturated heterocycles. The molecule has 4 heterocycles. The first-order chi connectivity index (χ1) is 17.0. The third-order valence-corrected chi connectivity index (χ3v) is 7.51. The maximum atomic E-state index is 12.5. The number of amides is 1. The molecule has 0 unspecified atom stereocenters. The maximum absolute atomic E-state index is 12.5. The summed E-state index contributed by atoms with van der Waals surface area (Å²) in [5.74, 6) is 0.985. The van der Waals surface area contributed by atoms with Gasteiger partial charge in [-0.1, -0.05) is 18.2 Å². The van der Waals surface area contributed by atoms with E-state index in [0.29, 0.717) is 30.2 Å². The number of aliphatic hydroxyl groups is 1. The zero-order valence-corrected chi connectivity index (χ0v) is 19.9. The first-order valence-corrected chi connectivity index (χ1v) is 12.3. The lowest BCUT2D eigenvalue weighted by atomic mass is 9.91. The molecule has 1 aromatic carbocycles. The smallest absolute Gasteiger partial charge is 0.258 e. The molecule has 0 spiro atoms. The van der Waals surface area contributed by atoms with Crippen molar-refractivity contribution in [1.29, 1.82) is 0 Å². The van der Waals surface area contributed by atoms with Gasteiger partial charge in [0.25, 0.3) is 5.91 Å². The maximum Gasteiger partial charge on any atom is 0.258 e. The third-order valence-electron chi connectivity index (χ3n) is 6.61. The zero-order chi connectivity index (χ0) is 24.0. The van der Waals surface area contributed by atoms with Crippen LogP contribution in [0.2, 0.25) is 0 Å². The molecule has 1 amide bonds. The van der Waals surface area contributed by atoms with E-state index in [1.807, 2.05) is 29.6 Å². The number of carbonyl (C=O) groups is 1. The minimum Gasteiger partial charge on any atom is -0.375 e. The van der Waals surface area contributed by atoms with E-state index < -0.39 is 5.60 Å². The molecule has 1 atom stereocenters. The fourth-order valence-electron chi connectivity index (χ4n) is 4.41. The Balaban J connectivity index is 1.25. The zero-order valence-electron chi connectivity index (χ0n) is 19.0. The second kappa shape index (κ2) is 8.17. The topological polar surface area (TPSA) is 117 Å². The Labute approximate surface area is 206 Å². The van der Waals surface area contributed by atoms with Crippen LogP contribution in [0.25, 0.3) is 22.0 Å². The number of hydrogen-bond acceptors (Lipinski definition) is 9. The Morgan fingerprint density at radius 1 is 1.00 bits per heavy atom. The lowest BCUT2D eigenvalue weighted by Gasteiger charge is -2.21. The normalized spacial score (nSPS) is 20.7. The van der Waals surface area contributed by atoms with Gasteiger partial charge in [-0.25, -0.2) is 24.9 Å². The van der Waals surface area contributed by atoms with E-state index in [1.165, 1.54) is 11.3 Å². The number of hydrogen-bond donors (Lipinski definition) is 2. The van der Waals surface area contributed by atoms with Gasteiger partial charge in [-0.15, -0.1) is 11.3 Å². The van der Waals surface area contributed by atoms with Gasteiger partial charge in [0.1, 0.15) is 16.2 Å². The summed E-state index contributed by atoms with van der Waals surface area (Å²) in [6.07, 6.45) is 7.42. The molecular formula is C25H23N7O2S. The van der Waals surface area contributed by atoms with E-state index in [4.69, 9.17) is 4.98 Å². The van der Waals surface area contributed by atoms with Crippen LogP contribution in [-0.4, -0.2) is 54.4 Å². The first-order valence-electron chi connectivity index (χ1n) is 11.4. The minimum atomic E-state index is -1.49. The SMILES string of the molecule is CN1CC[C@@](O)(c2cccc(-c3nc(-c4ccnc(NC5(c6ncccn6)CC5)n4)cs3)c2)C1=O. The van der Waals surface area contributed by atoms with E-state index in [1.54, 1.807) is 42.7 Å². The van der Waals surface area contributed by atoms with Gasteiger partial charge in [0.15, 0.2) is 11.4 Å². The summed E-state index contributed by atoms with van der Waals surface area (Å²) in [4.78, 5) is 36.7. The number of benzene rings is 1. The Morgan fingerprint density at radius 3 is 2.57 bits per heavy atom. The predicted octanol–water partition coefficient (Wildman–Crippen LogP) is 3.21. The lowest BCUT2D eigenvalue weighted by molar-refractivity contribution is -0.143. The number of likely N-dealkylation sites (tertiary alicyclic amines) is 1. The summed E-state index contributed by atoms with van der Waals surface area (Å²) in [6.45, 7) is 0.530. The molecule has 0 bridgehead atoms. The van der Waals surface area contributed by atoms with Crippen LogP contribution in [0.1, 0.15) is 30.7 Å². The van der Waals surface area contributed by atoms with Crippen molar-refractivity contribution in [3.63, 3.8) is 0 Å². The molecule has 3 aromatic heterocycles. The standard InChI is InChI=1S/C25H23N7O2S/c1-32-13-9-25(34,22(32)33)17-5-2-4-16(14-17)20-29-19(15-35-20)18-6-12-28-23(30-18)31-24(7-8-24)21-26-10-3-11-27-21/h2-6,10-12,14-15,34H,7-9,13H2,1H3,(H,28,30,31)/t25-/m1/s1. The molecule has 10 heteroatoms.